The first-order valence-corrected chi connectivity index (χ1v) is 7.01. The highest BCUT2D eigenvalue weighted by Crippen LogP contribution is 2.15. The summed E-state index contributed by atoms with van der Waals surface area (Å²) in [5.74, 6) is 2.38. The maximum absolute atomic E-state index is 4.42. The maximum atomic E-state index is 4.42. The Bertz CT molecular complexity index is 257. The quantitative estimate of drug-likeness (QED) is 0.750. The molecule has 3 heteroatoms. The maximum Gasteiger partial charge on any atom is 0.0239 e. The van der Waals surface area contributed by atoms with Crippen LogP contribution in [0.4, 0.5) is 0 Å². The lowest BCUT2D eigenvalue weighted by Crippen LogP contribution is -2.29. The van der Waals surface area contributed by atoms with Crippen LogP contribution in [0.5, 0.6) is 0 Å². The molecule has 0 aromatic carbocycles. The lowest BCUT2D eigenvalue weighted by molar-refractivity contribution is 0.247. The van der Waals surface area contributed by atoms with Crippen LogP contribution in [0, 0.1) is 11.8 Å². The summed E-state index contributed by atoms with van der Waals surface area (Å²) in [4.78, 5) is 2.39. The van der Waals surface area contributed by atoms with E-state index in [0.717, 1.165) is 18.8 Å². The Morgan fingerprint density at radius 3 is 2.67 bits per heavy atom. The minimum Gasteiger partial charge on any atom is -0.302 e. The van der Waals surface area contributed by atoms with E-state index in [9.17, 15) is 0 Å². The average Bonchev–Trinajstić information content (AvgIpc) is 2.66. The van der Waals surface area contributed by atoms with Gasteiger partial charge in [-0.25, -0.2) is 0 Å². The van der Waals surface area contributed by atoms with Gasteiger partial charge in [-0.05, 0) is 47.0 Å². The molecule has 1 heterocycles. The first-order chi connectivity index (χ1) is 7.13. The van der Waals surface area contributed by atoms with E-state index in [2.05, 4.69) is 55.3 Å². The van der Waals surface area contributed by atoms with E-state index in [1.165, 1.54) is 5.56 Å². The van der Waals surface area contributed by atoms with Gasteiger partial charge in [-0.2, -0.15) is 24.0 Å². The molecule has 0 spiro atoms. The lowest BCUT2D eigenvalue weighted by atomic mass is 9.97. The number of thiol groups is 1. The molecular weight excluding hydrogens is 222 g/mol. The standard InChI is InChI=1S/C12H21NS2/c1-10(2)12(8-14)7-13(3)6-11-4-5-15-9-11/h4-5,9-10,12,14H,6-8H2,1-3H3. The van der Waals surface area contributed by atoms with E-state index in [1.807, 2.05) is 0 Å². The number of rotatable bonds is 6. The molecule has 0 saturated carbocycles. The summed E-state index contributed by atoms with van der Waals surface area (Å²) in [7, 11) is 2.19. The van der Waals surface area contributed by atoms with Gasteiger partial charge in [0, 0.05) is 13.1 Å². The molecule has 0 amide bonds. The third-order valence-electron chi connectivity index (χ3n) is 2.76. The fourth-order valence-electron chi connectivity index (χ4n) is 1.64. The van der Waals surface area contributed by atoms with E-state index in [-0.39, 0.29) is 0 Å². The molecular formula is C12H21NS2. The Morgan fingerprint density at radius 2 is 2.20 bits per heavy atom. The van der Waals surface area contributed by atoms with E-state index in [0.29, 0.717) is 11.8 Å². The Hall–Kier alpha value is 0.01000. The lowest BCUT2D eigenvalue weighted by Gasteiger charge is -2.25. The third-order valence-corrected chi connectivity index (χ3v) is 3.96. The van der Waals surface area contributed by atoms with Gasteiger partial charge in [-0.15, -0.1) is 0 Å². The van der Waals surface area contributed by atoms with Crippen molar-refractivity contribution >= 4 is 24.0 Å². The molecule has 1 rings (SSSR count). The zero-order valence-electron chi connectivity index (χ0n) is 9.81. The molecule has 86 valence electrons. The summed E-state index contributed by atoms with van der Waals surface area (Å²) in [5, 5.41) is 4.36. The zero-order valence-corrected chi connectivity index (χ0v) is 11.5. The third kappa shape index (κ3) is 4.58. The summed E-state index contributed by atoms with van der Waals surface area (Å²) >= 11 is 6.19. The number of hydrogen-bond donors (Lipinski definition) is 1. The van der Waals surface area contributed by atoms with Crippen molar-refractivity contribution in [2.24, 2.45) is 11.8 Å². The van der Waals surface area contributed by atoms with Crippen molar-refractivity contribution in [3.05, 3.63) is 22.4 Å². The van der Waals surface area contributed by atoms with Crippen molar-refractivity contribution in [1.29, 1.82) is 0 Å². The van der Waals surface area contributed by atoms with Crippen LogP contribution in [-0.4, -0.2) is 24.2 Å². The molecule has 1 aromatic heterocycles. The smallest absolute Gasteiger partial charge is 0.0239 e. The van der Waals surface area contributed by atoms with Crippen molar-refractivity contribution in [3.63, 3.8) is 0 Å². The van der Waals surface area contributed by atoms with Crippen LogP contribution in [0.1, 0.15) is 19.4 Å². The van der Waals surface area contributed by atoms with Crippen LogP contribution in [0.25, 0.3) is 0 Å². The van der Waals surface area contributed by atoms with Crippen molar-refractivity contribution in [3.8, 4) is 0 Å². The molecule has 0 N–H and O–H groups in total. The zero-order chi connectivity index (χ0) is 11.3. The van der Waals surface area contributed by atoms with Crippen LogP contribution >= 0.6 is 24.0 Å². The van der Waals surface area contributed by atoms with Crippen LogP contribution in [-0.2, 0) is 6.54 Å². The van der Waals surface area contributed by atoms with Gasteiger partial charge in [0.2, 0.25) is 0 Å². The van der Waals surface area contributed by atoms with Gasteiger partial charge in [0.15, 0.2) is 0 Å². The van der Waals surface area contributed by atoms with Crippen LogP contribution in [0.2, 0.25) is 0 Å². The van der Waals surface area contributed by atoms with E-state index >= 15 is 0 Å². The number of hydrogen-bond acceptors (Lipinski definition) is 3. The Morgan fingerprint density at radius 1 is 1.47 bits per heavy atom. The summed E-state index contributed by atoms with van der Waals surface area (Å²) in [6.45, 7) is 6.75. The second-order valence-corrected chi connectivity index (χ2v) is 5.66. The largest absolute Gasteiger partial charge is 0.302 e. The predicted octanol–water partition coefficient (Wildman–Crippen LogP) is 3.38. The molecule has 1 nitrogen and oxygen atoms in total. The minimum absolute atomic E-state index is 0.692. The molecule has 1 unspecified atom stereocenters. The van der Waals surface area contributed by atoms with Gasteiger partial charge in [0.1, 0.15) is 0 Å². The summed E-state index contributed by atoms with van der Waals surface area (Å²) in [5.41, 5.74) is 1.42. The Labute approximate surface area is 103 Å². The number of thiophene rings is 1. The van der Waals surface area contributed by atoms with Gasteiger partial charge in [-0.1, -0.05) is 13.8 Å². The molecule has 0 aliphatic heterocycles. The molecule has 1 atom stereocenters. The second kappa shape index (κ2) is 6.56. The summed E-state index contributed by atoms with van der Waals surface area (Å²) < 4.78 is 0. The molecule has 0 fully saturated rings. The van der Waals surface area contributed by atoms with Gasteiger partial charge < -0.3 is 4.90 Å². The Balaban J connectivity index is 2.37. The van der Waals surface area contributed by atoms with Crippen LogP contribution < -0.4 is 0 Å². The fraction of sp³-hybridized carbons (Fsp3) is 0.667. The van der Waals surface area contributed by atoms with E-state index < -0.39 is 0 Å². The van der Waals surface area contributed by atoms with Crippen molar-refractivity contribution < 1.29 is 0 Å². The average molecular weight is 243 g/mol. The molecule has 0 aliphatic carbocycles. The van der Waals surface area contributed by atoms with Crippen molar-refractivity contribution in [2.45, 2.75) is 20.4 Å². The minimum atomic E-state index is 0.692. The first kappa shape index (κ1) is 13.1. The van der Waals surface area contributed by atoms with E-state index in [1.54, 1.807) is 11.3 Å². The van der Waals surface area contributed by atoms with Crippen LogP contribution in [0.15, 0.2) is 16.8 Å². The molecule has 0 radical (unpaired) electrons. The number of nitrogens with zero attached hydrogens (tertiary/aromatic N) is 1. The molecule has 0 saturated heterocycles. The SMILES string of the molecule is CC(C)C(CS)CN(C)Cc1ccsc1. The van der Waals surface area contributed by atoms with Crippen molar-refractivity contribution in [2.75, 3.05) is 19.3 Å². The normalized spacial score (nSPS) is 13.7. The predicted molar refractivity (Wildman–Crippen MR) is 72.8 cm³/mol. The second-order valence-electron chi connectivity index (χ2n) is 4.52. The molecule has 15 heavy (non-hydrogen) atoms. The summed E-state index contributed by atoms with van der Waals surface area (Å²) in [6.07, 6.45) is 0. The van der Waals surface area contributed by atoms with Gasteiger partial charge in [-0.3, -0.25) is 0 Å². The fourth-order valence-corrected chi connectivity index (χ4v) is 2.84. The van der Waals surface area contributed by atoms with Crippen LogP contribution in [0.3, 0.4) is 0 Å². The highest BCUT2D eigenvalue weighted by Gasteiger charge is 2.14. The van der Waals surface area contributed by atoms with Gasteiger partial charge in [0.05, 0.1) is 0 Å². The molecule has 0 bridgehead atoms. The Kier molecular flexibility index (Phi) is 5.72. The highest BCUT2D eigenvalue weighted by atomic mass is 32.1. The summed E-state index contributed by atoms with van der Waals surface area (Å²) in [6, 6.07) is 2.20. The van der Waals surface area contributed by atoms with Gasteiger partial charge >= 0.3 is 0 Å². The monoisotopic (exact) mass is 243 g/mol. The molecule has 1 aromatic rings. The van der Waals surface area contributed by atoms with E-state index in [4.69, 9.17) is 0 Å². The van der Waals surface area contributed by atoms with Gasteiger partial charge in [0.25, 0.3) is 0 Å². The van der Waals surface area contributed by atoms with Crippen molar-refractivity contribution in [1.82, 2.24) is 4.90 Å². The first-order valence-electron chi connectivity index (χ1n) is 5.44. The molecule has 0 aliphatic rings. The highest BCUT2D eigenvalue weighted by molar-refractivity contribution is 7.80. The topological polar surface area (TPSA) is 3.24 Å².